The lowest BCUT2D eigenvalue weighted by Gasteiger charge is -2.30. The summed E-state index contributed by atoms with van der Waals surface area (Å²) in [6.45, 7) is 15.7. The summed E-state index contributed by atoms with van der Waals surface area (Å²) in [6, 6.07) is -4.45. The van der Waals surface area contributed by atoms with E-state index in [4.69, 9.17) is 34.4 Å². The molecule has 3 rings (SSSR count). The van der Waals surface area contributed by atoms with Gasteiger partial charge in [-0.15, -0.1) is 0 Å². The highest BCUT2D eigenvalue weighted by atomic mass is 32.2. The second kappa shape index (κ2) is 54.8. The predicted octanol–water partition coefficient (Wildman–Crippen LogP) is -4.62. The zero-order valence-corrected chi connectivity index (χ0v) is 72.1. The number of aliphatic carboxylic acids is 1. The van der Waals surface area contributed by atoms with Gasteiger partial charge in [-0.05, 0) is 139 Å². The van der Waals surface area contributed by atoms with E-state index in [0.717, 1.165) is 0 Å². The van der Waals surface area contributed by atoms with Crippen LogP contribution < -0.4 is 109 Å². The summed E-state index contributed by atoms with van der Waals surface area (Å²) in [5.41, 5.74) is 35.2. The normalized spacial score (nSPS) is 15.4. The molecule has 15 amide bonds. The van der Waals surface area contributed by atoms with Gasteiger partial charge in [0.25, 0.3) is 0 Å². The van der Waals surface area contributed by atoms with Crippen LogP contribution in [0.5, 0.6) is 0 Å². The first kappa shape index (κ1) is 105. The number of nitrogens with one attached hydrogen (secondary N) is 15. The van der Waals surface area contributed by atoms with E-state index in [-0.39, 0.29) is 95.5 Å². The number of primary amides is 1. The summed E-state index contributed by atoms with van der Waals surface area (Å²) in [5, 5.41) is 56.1. The third-order valence-electron chi connectivity index (χ3n) is 19.8. The number of rotatable bonds is 57. The standard InChI is InChI=1S/C80H129N23O18S/c1-12-44(6)64(103-74(115)57(37-50-26-17-14-18-27-50)99-77(118)63(43(4)5)102-66(107)46(8)90-68(109)54(31-35-122-11)93-65(106)45(7)92-76(117)62(42(2)3)101-67(108)47(9)91-75(116)61(84)48(10)104)78(119)100-58(38-51-40-87-41-89-51)72(113)98-59(39-60(83)105)73(114)97-56(36-49-24-15-13-16-25-49)71(112)95-52(28-19-21-32-81)69(110)94-53(30-23-34-88-80(85)86)70(111)96-55(79(120)121)29-20-22-33-82/h13-18,24-27,40-48,52-59,61-64,104H,12,19-23,28-39,81-82,84H2,1-11H3,(H2,83,105)(H,87,89)(H,90,109)(H,91,116)(H,92,117)(H,93,106)(H,94,110)(H,95,112)(H,96,111)(H,97,114)(H,98,113)(H,99,118)(H,100,119)(H,101,108)(H,102,107)(H,103,115)(H,120,121)(H4,85,86,88)/t44-,45-,46-,47-,48+,52-,53-,54-,55-,56-,57-,58-,59-,61-,62-,63-,64-/m0/s1. The van der Waals surface area contributed by atoms with E-state index in [2.05, 4.69) is 89.4 Å². The maximum absolute atomic E-state index is 15.0. The summed E-state index contributed by atoms with van der Waals surface area (Å²) in [6.07, 6.45) is 3.29. The Morgan fingerprint density at radius 3 is 1.23 bits per heavy atom. The van der Waals surface area contributed by atoms with Gasteiger partial charge in [0.15, 0.2) is 5.96 Å². The molecule has 0 spiro atoms. The molecule has 0 aliphatic carbocycles. The minimum absolute atomic E-state index is 0.0214. The maximum Gasteiger partial charge on any atom is 0.326 e. The van der Waals surface area contributed by atoms with Gasteiger partial charge in [0, 0.05) is 37.7 Å². The average Bonchev–Trinajstić information content (AvgIpc) is 1.09. The number of unbranched alkanes of at least 4 members (excludes halogenated alkanes) is 2. The second-order valence-corrected chi connectivity index (χ2v) is 31.7. The Morgan fingerprint density at radius 1 is 0.434 bits per heavy atom. The first-order valence-corrected chi connectivity index (χ1v) is 42.3. The van der Waals surface area contributed by atoms with E-state index in [0.29, 0.717) is 36.1 Å². The molecule has 2 aromatic carbocycles. The van der Waals surface area contributed by atoms with Gasteiger partial charge in [0.2, 0.25) is 88.6 Å². The van der Waals surface area contributed by atoms with E-state index in [1.807, 2.05) is 0 Å². The van der Waals surface area contributed by atoms with Gasteiger partial charge in [-0.3, -0.25) is 76.9 Å². The van der Waals surface area contributed by atoms with Gasteiger partial charge in [0.1, 0.15) is 90.6 Å². The van der Waals surface area contributed by atoms with Gasteiger partial charge in [-0.25, -0.2) is 9.78 Å². The number of aromatic nitrogens is 2. The number of aliphatic imine (C=N–C) groups is 1. The van der Waals surface area contributed by atoms with Crippen LogP contribution in [0.2, 0.25) is 0 Å². The molecule has 42 heteroatoms. The molecule has 3 aromatic rings. The summed E-state index contributed by atoms with van der Waals surface area (Å²) in [4.78, 5) is 234. The van der Waals surface area contributed by atoms with Crippen LogP contribution in [0.25, 0.3) is 0 Å². The van der Waals surface area contributed by atoms with Crippen molar-refractivity contribution in [3.05, 3.63) is 90.0 Å². The lowest BCUT2D eigenvalue weighted by molar-refractivity contribution is -0.142. The Bertz CT molecular complexity index is 3940. The molecule has 0 fully saturated rings. The number of aromatic amines is 1. The van der Waals surface area contributed by atoms with Crippen LogP contribution in [-0.4, -0.2) is 249 Å². The zero-order chi connectivity index (χ0) is 91.5. The number of carboxylic acid groups (broad SMARTS) is 1. The molecule has 0 aliphatic heterocycles. The number of thioether (sulfide) groups is 1. The van der Waals surface area contributed by atoms with Crippen LogP contribution >= 0.6 is 11.8 Å². The fraction of sp³-hybridized carbons (Fsp3) is 0.600. The Morgan fingerprint density at radius 2 is 0.795 bits per heavy atom. The molecule has 29 N–H and O–H groups in total. The van der Waals surface area contributed by atoms with E-state index in [9.17, 15) is 86.9 Å². The molecule has 0 aliphatic rings. The molecule has 0 bridgehead atoms. The van der Waals surface area contributed by atoms with Crippen LogP contribution in [0.15, 0.2) is 78.2 Å². The van der Waals surface area contributed by atoms with Crippen molar-refractivity contribution < 1.29 is 86.9 Å². The van der Waals surface area contributed by atoms with Gasteiger partial charge in [-0.2, -0.15) is 11.8 Å². The minimum Gasteiger partial charge on any atom is -0.480 e. The lowest BCUT2D eigenvalue weighted by Crippen LogP contribution is -2.62. The number of aliphatic hydroxyl groups is 1. The number of benzene rings is 2. The molecule has 1 heterocycles. The highest BCUT2D eigenvalue weighted by molar-refractivity contribution is 7.98. The van der Waals surface area contributed by atoms with E-state index < -0.39 is 215 Å². The number of nitrogens with two attached hydrogens (primary N) is 6. The first-order valence-electron chi connectivity index (χ1n) is 40.9. The van der Waals surface area contributed by atoms with Crippen molar-refractivity contribution in [3.8, 4) is 0 Å². The first-order chi connectivity index (χ1) is 57.7. The molecule has 0 radical (unpaired) electrons. The number of hydrogen-bond acceptors (Lipinski definition) is 23. The second-order valence-electron chi connectivity index (χ2n) is 30.7. The summed E-state index contributed by atoms with van der Waals surface area (Å²) in [5.74, 6) is -16.7. The van der Waals surface area contributed by atoms with Crippen LogP contribution in [0.4, 0.5) is 0 Å². The molecule has 678 valence electrons. The van der Waals surface area contributed by atoms with Gasteiger partial charge in [-0.1, -0.05) is 109 Å². The van der Waals surface area contributed by atoms with E-state index in [1.54, 1.807) is 108 Å². The highest BCUT2D eigenvalue weighted by Gasteiger charge is 2.40. The summed E-state index contributed by atoms with van der Waals surface area (Å²) in [7, 11) is 0. The molecular weight excluding hydrogens is 1600 g/mol. The summed E-state index contributed by atoms with van der Waals surface area (Å²) < 4.78 is 0. The molecule has 122 heavy (non-hydrogen) atoms. The molecule has 0 saturated heterocycles. The fourth-order valence-electron chi connectivity index (χ4n) is 12.2. The number of amides is 15. The SMILES string of the molecule is CC[C@H](C)[C@H](NC(=O)[C@H](Cc1ccccc1)NC(=O)[C@@H](NC(=O)[C@H](C)NC(=O)[C@H](CCSC)NC(=O)[C@H](C)NC(=O)[C@@H](NC(=O)[C@H](C)NC(=O)[C@@H](N)[C@@H](C)O)C(C)C)C(C)C)C(=O)N[C@@H](Cc1cnc[nH]1)C(=O)N[C@@H](CC(N)=O)C(=O)N[C@@H](Cc1ccccc1)C(=O)N[C@@H](CCCCN)C(=O)N[C@@H](CCCN=C(N)N)C(=O)N[C@@H](CCCCN)C(=O)O. The van der Waals surface area contributed by atoms with E-state index in [1.165, 1.54) is 52.0 Å². The maximum atomic E-state index is 15.0. The van der Waals surface area contributed by atoms with Crippen LogP contribution in [-0.2, 0) is 96.0 Å². The number of hydrogen-bond donors (Lipinski definition) is 23. The van der Waals surface area contributed by atoms with Crippen LogP contribution in [0.3, 0.4) is 0 Å². The van der Waals surface area contributed by atoms with Crippen molar-refractivity contribution in [2.75, 3.05) is 31.6 Å². The number of aliphatic hydroxyl groups excluding tert-OH is 1. The van der Waals surface area contributed by atoms with Crippen molar-refractivity contribution in [1.82, 2.24) is 84.4 Å². The number of carbonyl (C=O) groups excluding carboxylic acids is 15. The van der Waals surface area contributed by atoms with Crippen LogP contribution in [0.1, 0.15) is 157 Å². The van der Waals surface area contributed by atoms with Gasteiger partial charge >= 0.3 is 5.97 Å². The van der Waals surface area contributed by atoms with Crippen molar-refractivity contribution in [2.24, 2.45) is 57.1 Å². The summed E-state index contributed by atoms with van der Waals surface area (Å²) >= 11 is 1.35. The molecule has 0 saturated carbocycles. The Kier molecular flexibility index (Phi) is 47.1. The van der Waals surface area contributed by atoms with Crippen molar-refractivity contribution in [1.29, 1.82) is 0 Å². The monoisotopic (exact) mass is 1730 g/mol. The molecule has 41 nitrogen and oxygen atoms in total. The lowest BCUT2D eigenvalue weighted by atomic mass is 9.96. The molecule has 17 atom stereocenters. The Hall–Kier alpha value is -11.4. The Labute approximate surface area is 715 Å². The number of carbonyl (C=O) groups is 16. The average molecular weight is 1730 g/mol. The van der Waals surface area contributed by atoms with Gasteiger partial charge in [0.05, 0.1) is 18.9 Å². The quantitative estimate of drug-likeness (QED) is 0.0144. The largest absolute Gasteiger partial charge is 0.480 e. The number of guanidine groups is 1. The fourth-order valence-corrected chi connectivity index (χ4v) is 12.7. The Balaban J connectivity index is 1.95. The smallest absolute Gasteiger partial charge is 0.326 e. The number of H-pyrrole nitrogens is 1. The van der Waals surface area contributed by atoms with Crippen molar-refractivity contribution in [3.63, 3.8) is 0 Å². The number of carboxylic acids is 1. The van der Waals surface area contributed by atoms with Crippen molar-refractivity contribution in [2.45, 2.75) is 256 Å². The minimum atomic E-state index is -1.87. The number of nitrogens with zero attached hydrogens (tertiary/aromatic N) is 2. The third-order valence-corrected chi connectivity index (χ3v) is 20.5. The van der Waals surface area contributed by atoms with Crippen LogP contribution in [0, 0.1) is 17.8 Å². The zero-order valence-electron chi connectivity index (χ0n) is 71.3. The number of imidazole rings is 1. The highest BCUT2D eigenvalue weighted by Crippen LogP contribution is 2.17. The van der Waals surface area contributed by atoms with Gasteiger partial charge < -0.3 is 124 Å². The predicted molar refractivity (Wildman–Crippen MR) is 456 cm³/mol. The van der Waals surface area contributed by atoms with Crippen molar-refractivity contribution >= 4 is 112 Å². The molecule has 0 unspecified atom stereocenters. The molecule has 1 aromatic heterocycles. The molecular formula is C80H129N23O18S. The third kappa shape index (κ3) is 37.7. The van der Waals surface area contributed by atoms with E-state index >= 15 is 0 Å². The topological polar surface area (TPSA) is 679 Å².